The number of aryl methyl sites for hydroxylation is 1. The summed E-state index contributed by atoms with van der Waals surface area (Å²) in [6, 6.07) is 15.2. The number of aromatic nitrogens is 2. The van der Waals surface area contributed by atoms with Gasteiger partial charge in [-0.1, -0.05) is 30.0 Å². The summed E-state index contributed by atoms with van der Waals surface area (Å²) < 4.78 is 7.10. The zero-order valence-corrected chi connectivity index (χ0v) is 15.5. The van der Waals surface area contributed by atoms with E-state index in [-0.39, 0.29) is 5.56 Å². The summed E-state index contributed by atoms with van der Waals surface area (Å²) in [4.78, 5) is 17.9. The minimum Gasteiger partial charge on any atom is -0.495 e. The van der Waals surface area contributed by atoms with Gasteiger partial charge in [-0.3, -0.25) is 9.36 Å². The highest BCUT2D eigenvalue weighted by Gasteiger charge is 2.16. The van der Waals surface area contributed by atoms with Gasteiger partial charge in [-0.25, -0.2) is 4.98 Å². The molecule has 0 saturated heterocycles. The fourth-order valence-corrected chi connectivity index (χ4v) is 3.66. The number of hydrogen-bond donors (Lipinski definition) is 0. The molecule has 0 aliphatic rings. The second-order valence-electron chi connectivity index (χ2n) is 5.84. The molecule has 5 nitrogen and oxygen atoms in total. The lowest BCUT2D eigenvalue weighted by Gasteiger charge is -2.16. The molecule has 6 heteroatoms. The maximum absolute atomic E-state index is 13.2. The van der Waals surface area contributed by atoms with E-state index in [0.717, 1.165) is 12.0 Å². The molecule has 26 heavy (non-hydrogen) atoms. The summed E-state index contributed by atoms with van der Waals surface area (Å²) in [7, 11) is 1.59. The monoisotopic (exact) mass is 365 g/mol. The number of para-hydroxylation sites is 1. The van der Waals surface area contributed by atoms with Crippen molar-refractivity contribution in [1.82, 2.24) is 9.55 Å². The van der Waals surface area contributed by atoms with E-state index in [9.17, 15) is 4.79 Å². The zero-order chi connectivity index (χ0) is 18.5. The van der Waals surface area contributed by atoms with Crippen LogP contribution in [-0.2, 0) is 0 Å². The van der Waals surface area contributed by atoms with Crippen LogP contribution < -0.4 is 10.3 Å². The summed E-state index contributed by atoms with van der Waals surface area (Å²) in [5, 5.41) is 9.91. The molecule has 1 aromatic heterocycles. The molecule has 0 aliphatic heterocycles. The quantitative estimate of drug-likeness (QED) is 0.374. The van der Waals surface area contributed by atoms with E-state index in [0.29, 0.717) is 39.7 Å². The van der Waals surface area contributed by atoms with Gasteiger partial charge in [0.25, 0.3) is 5.56 Å². The van der Waals surface area contributed by atoms with E-state index in [4.69, 9.17) is 15.0 Å². The van der Waals surface area contributed by atoms with Gasteiger partial charge in [-0.05, 0) is 43.2 Å². The first kappa shape index (κ1) is 18.0. The van der Waals surface area contributed by atoms with E-state index in [1.807, 2.05) is 43.3 Å². The Labute approximate surface area is 156 Å². The Hall–Kier alpha value is -2.78. The minimum absolute atomic E-state index is 0.123. The lowest BCUT2D eigenvalue weighted by molar-refractivity contribution is 0.411. The third-order valence-electron chi connectivity index (χ3n) is 3.98. The summed E-state index contributed by atoms with van der Waals surface area (Å²) >= 11 is 1.48. The van der Waals surface area contributed by atoms with Gasteiger partial charge < -0.3 is 4.74 Å². The molecule has 132 valence electrons. The summed E-state index contributed by atoms with van der Waals surface area (Å²) in [5.41, 5.74) is 2.25. The SMILES string of the molecule is COc1ccc(C)cc1-n1c(SCCCC#N)nc2ccccc2c1=O. The molecule has 0 bridgehead atoms. The Morgan fingerprint density at radius 1 is 1.27 bits per heavy atom. The first-order valence-electron chi connectivity index (χ1n) is 8.32. The molecular weight excluding hydrogens is 346 g/mol. The second-order valence-corrected chi connectivity index (χ2v) is 6.90. The van der Waals surface area contributed by atoms with E-state index < -0.39 is 0 Å². The van der Waals surface area contributed by atoms with Gasteiger partial charge in [0.15, 0.2) is 5.16 Å². The second kappa shape index (κ2) is 8.07. The van der Waals surface area contributed by atoms with Crippen LogP contribution in [0.3, 0.4) is 0 Å². The molecule has 0 radical (unpaired) electrons. The van der Waals surface area contributed by atoms with Crippen molar-refractivity contribution in [2.45, 2.75) is 24.9 Å². The Kier molecular flexibility index (Phi) is 5.59. The van der Waals surface area contributed by atoms with Crippen LogP contribution in [0.15, 0.2) is 52.4 Å². The smallest absolute Gasteiger partial charge is 0.266 e. The van der Waals surface area contributed by atoms with Crippen molar-refractivity contribution in [1.29, 1.82) is 5.26 Å². The topological polar surface area (TPSA) is 67.9 Å². The lowest BCUT2D eigenvalue weighted by Crippen LogP contribution is -2.22. The van der Waals surface area contributed by atoms with Crippen LogP contribution >= 0.6 is 11.8 Å². The van der Waals surface area contributed by atoms with E-state index in [2.05, 4.69) is 6.07 Å². The van der Waals surface area contributed by atoms with Crippen LogP contribution in [0.25, 0.3) is 16.6 Å². The molecule has 0 unspecified atom stereocenters. The Bertz CT molecular complexity index is 1040. The average Bonchev–Trinajstić information content (AvgIpc) is 2.65. The third-order valence-corrected chi connectivity index (χ3v) is 5.01. The van der Waals surface area contributed by atoms with Crippen molar-refractivity contribution < 1.29 is 4.74 Å². The standard InChI is InChI=1S/C20H19N3O2S/c1-14-9-10-18(25-2)17(13-14)23-19(24)15-7-3-4-8-16(15)22-20(23)26-12-6-5-11-21/h3-4,7-10,13H,5-6,12H2,1-2H3. The fraction of sp³-hybridized carbons (Fsp3) is 0.250. The van der Waals surface area contributed by atoms with Crippen LogP contribution in [0.4, 0.5) is 0 Å². The Balaban J connectivity index is 2.22. The highest BCUT2D eigenvalue weighted by molar-refractivity contribution is 7.99. The van der Waals surface area contributed by atoms with Crippen molar-refractivity contribution in [3.63, 3.8) is 0 Å². The Morgan fingerprint density at radius 2 is 2.08 bits per heavy atom. The molecule has 0 N–H and O–H groups in total. The van der Waals surface area contributed by atoms with Crippen molar-refractivity contribution in [2.24, 2.45) is 0 Å². The van der Waals surface area contributed by atoms with Gasteiger partial charge in [-0.2, -0.15) is 5.26 Å². The first-order chi connectivity index (χ1) is 12.7. The van der Waals surface area contributed by atoms with Crippen LogP contribution in [-0.4, -0.2) is 22.4 Å². The molecule has 0 fully saturated rings. The summed E-state index contributed by atoms with van der Waals surface area (Å²) in [6.07, 6.45) is 1.23. The van der Waals surface area contributed by atoms with Gasteiger partial charge in [-0.15, -0.1) is 0 Å². The maximum atomic E-state index is 13.2. The predicted molar refractivity (Wildman–Crippen MR) is 104 cm³/mol. The number of benzene rings is 2. The van der Waals surface area contributed by atoms with Gasteiger partial charge in [0.05, 0.1) is 29.8 Å². The number of nitriles is 1. The van der Waals surface area contributed by atoms with E-state index >= 15 is 0 Å². The van der Waals surface area contributed by atoms with E-state index in [1.54, 1.807) is 17.7 Å². The van der Waals surface area contributed by atoms with E-state index in [1.165, 1.54) is 11.8 Å². The van der Waals surface area contributed by atoms with Gasteiger partial charge in [0.2, 0.25) is 0 Å². The summed E-state index contributed by atoms with van der Waals surface area (Å²) in [5.74, 6) is 1.33. The molecule has 2 aromatic carbocycles. The average molecular weight is 365 g/mol. The van der Waals surface area contributed by atoms with Crippen LogP contribution in [0.5, 0.6) is 5.75 Å². The van der Waals surface area contributed by atoms with Gasteiger partial charge in [0, 0.05) is 12.2 Å². The highest BCUT2D eigenvalue weighted by Crippen LogP contribution is 2.28. The van der Waals surface area contributed by atoms with Crippen molar-refractivity contribution in [3.8, 4) is 17.5 Å². The zero-order valence-electron chi connectivity index (χ0n) is 14.7. The number of ether oxygens (including phenoxy) is 1. The summed E-state index contributed by atoms with van der Waals surface area (Å²) in [6.45, 7) is 1.97. The first-order valence-corrected chi connectivity index (χ1v) is 9.31. The number of fused-ring (bicyclic) bond motifs is 1. The van der Waals surface area contributed by atoms with Crippen LogP contribution in [0.2, 0.25) is 0 Å². The van der Waals surface area contributed by atoms with Crippen LogP contribution in [0, 0.1) is 18.3 Å². The number of nitrogens with zero attached hydrogens (tertiary/aromatic N) is 3. The predicted octanol–water partition coefficient (Wildman–Crippen LogP) is 4.10. The van der Waals surface area contributed by atoms with Gasteiger partial charge >= 0.3 is 0 Å². The maximum Gasteiger partial charge on any atom is 0.266 e. The normalized spacial score (nSPS) is 10.7. The molecule has 1 heterocycles. The molecule has 3 aromatic rings. The number of rotatable bonds is 6. The molecule has 0 spiro atoms. The lowest BCUT2D eigenvalue weighted by atomic mass is 10.2. The molecule has 3 rings (SSSR count). The van der Waals surface area contributed by atoms with Crippen LogP contribution in [0.1, 0.15) is 18.4 Å². The van der Waals surface area contributed by atoms with Gasteiger partial charge in [0.1, 0.15) is 5.75 Å². The number of methoxy groups -OCH3 is 1. The third kappa shape index (κ3) is 3.58. The minimum atomic E-state index is -0.123. The molecule has 0 aliphatic carbocycles. The fourth-order valence-electron chi connectivity index (χ4n) is 2.71. The van der Waals surface area contributed by atoms with Crippen molar-refractivity contribution in [3.05, 3.63) is 58.4 Å². The molecule has 0 amide bonds. The molecule has 0 atom stereocenters. The molecular formula is C20H19N3O2S. The highest BCUT2D eigenvalue weighted by atomic mass is 32.2. The molecule has 0 saturated carbocycles. The number of unbranched alkanes of at least 4 members (excludes halogenated alkanes) is 1. The van der Waals surface area contributed by atoms with Crippen molar-refractivity contribution >= 4 is 22.7 Å². The van der Waals surface area contributed by atoms with Crippen molar-refractivity contribution in [2.75, 3.05) is 12.9 Å². The number of hydrogen-bond acceptors (Lipinski definition) is 5. The largest absolute Gasteiger partial charge is 0.495 e. The number of thioether (sulfide) groups is 1. The Morgan fingerprint density at radius 3 is 2.85 bits per heavy atom.